The van der Waals surface area contributed by atoms with E-state index in [0.29, 0.717) is 13.0 Å². The summed E-state index contributed by atoms with van der Waals surface area (Å²) >= 11 is 0. The molecule has 0 saturated heterocycles. The van der Waals surface area contributed by atoms with E-state index in [4.69, 9.17) is 9.47 Å². The van der Waals surface area contributed by atoms with E-state index in [1.54, 1.807) is 7.11 Å². The summed E-state index contributed by atoms with van der Waals surface area (Å²) < 4.78 is 10.8. The second-order valence-corrected chi connectivity index (χ2v) is 5.20. The van der Waals surface area contributed by atoms with Crippen molar-refractivity contribution in [1.29, 1.82) is 0 Å². The van der Waals surface area contributed by atoms with Gasteiger partial charge in [-0.25, -0.2) is 0 Å². The van der Waals surface area contributed by atoms with Crippen molar-refractivity contribution in [3.63, 3.8) is 0 Å². The first-order chi connectivity index (χ1) is 8.56. The molecule has 3 heteroatoms. The van der Waals surface area contributed by atoms with Crippen molar-refractivity contribution >= 4 is 0 Å². The fourth-order valence-corrected chi connectivity index (χ4v) is 2.69. The van der Waals surface area contributed by atoms with Crippen molar-refractivity contribution in [2.75, 3.05) is 13.7 Å². The van der Waals surface area contributed by atoms with E-state index in [2.05, 4.69) is 13.0 Å². The molecular formula is C15H22O3. The lowest BCUT2D eigenvalue weighted by atomic mass is 9.73. The van der Waals surface area contributed by atoms with Gasteiger partial charge in [-0.1, -0.05) is 17.7 Å². The van der Waals surface area contributed by atoms with Gasteiger partial charge in [-0.05, 0) is 25.5 Å². The minimum atomic E-state index is -0.624. The molecule has 3 nitrogen and oxygen atoms in total. The first kappa shape index (κ1) is 13.4. The van der Waals surface area contributed by atoms with Crippen LogP contribution in [0.3, 0.4) is 0 Å². The summed E-state index contributed by atoms with van der Waals surface area (Å²) in [4.78, 5) is 0. The molecule has 100 valence electrons. The van der Waals surface area contributed by atoms with Gasteiger partial charge in [0, 0.05) is 25.9 Å². The van der Waals surface area contributed by atoms with Gasteiger partial charge in [-0.2, -0.15) is 0 Å². The standard InChI is InChI=1S/C15H22O3/c1-4-18-13-9-15(16,10-13)8-12-7-11(2)5-6-14(12)17-3/h5-7,13,16H,4,8-10H2,1-3H3. The minimum absolute atomic E-state index is 0.218. The van der Waals surface area contributed by atoms with E-state index in [0.717, 1.165) is 24.2 Å². The van der Waals surface area contributed by atoms with Crippen LogP contribution in [0.2, 0.25) is 0 Å². The Morgan fingerprint density at radius 3 is 2.72 bits per heavy atom. The first-order valence-electron chi connectivity index (χ1n) is 6.54. The van der Waals surface area contributed by atoms with Crippen molar-refractivity contribution in [1.82, 2.24) is 0 Å². The van der Waals surface area contributed by atoms with Gasteiger partial charge >= 0.3 is 0 Å². The fraction of sp³-hybridized carbons (Fsp3) is 0.600. The van der Waals surface area contributed by atoms with Crippen LogP contribution in [0.4, 0.5) is 0 Å². The molecular weight excluding hydrogens is 228 g/mol. The van der Waals surface area contributed by atoms with Crippen LogP contribution < -0.4 is 4.74 Å². The molecule has 0 heterocycles. The second kappa shape index (κ2) is 5.29. The van der Waals surface area contributed by atoms with Crippen LogP contribution in [0.15, 0.2) is 18.2 Å². The average Bonchev–Trinajstić information content (AvgIpc) is 2.27. The van der Waals surface area contributed by atoms with Crippen LogP contribution in [-0.2, 0) is 11.2 Å². The molecule has 1 aromatic rings. The van der Waals surface area contributed by atoms with E-state index < -0.39 is 5.60 Å². The molecule has 0 amide bonds. The van der Waals surface area contributed by atoms with Gasteiger partial charge in [0.25, 0.3) is 0 Å². The maximum Gasteiger partial charge on any atom is 0.122 e. The maximum absolute atomic E-state index is 10.4. The fourth-order valence-electron chi connectivity index (χ4n) is 2.69. The van der Waals surface area contributed by atoms with Gasteiger partial charge < -0.3 is 14.6 Å². The monoisotopic (exact) mass is 250 g/mol. The lowest BCUT2D eigenvalue weighted by Gasteiger charge is -2.43. The molecule has 1 aromatic carbocycles. The summed E-state index contributed by atoms with van der Waals surface area (Å²) in [6.07, 6.45) is 2.30. The Morgan fingerprint density at radius 2 is 2.11 bits per heavy atom. The van der Waals surface area contributed by atoms with Gasteiger partial charge in [-0.15, -0.1) is 0 Å². The number of hydrogen-bond donors (Lipinski definition) is 1. The highest BCUT2D eigenvalue weighted by Gasteiger charge is 2.43. The molecule has 0 spiro atoms. The zero-order chi connectivity index (χ0) is 13.2. The molecule has 0 atom stereocenters. The lowest BCUT2D eigenvalue weighted by molar-refractivity contribution is -0.136. The van der Waals surface area contributed by atoms with Crippen molar-refractivity contribution in [3.8, 4) is 5.75 Å². The van der Waals surface area contributed by atoms with Gasteiger partial charge in [-0.3, -0.25) is 0 Å². The number of methoxy groups -OCH3 is 1. The van der Waals surface area contributed by atoms with E-state index in [1.165, 1.54) is 5.56 Å². The van der Waals surface area contributed by atoms with Crippen molar-refractivity contribution < 1.29 is 14.6 Å². The summed E-state index contributed by atoms with van der Waals surface area (Å²) in [5, 5.41) is 10.4. The van der Waals surface area contributed by atoms with E-state index in [9.17, 15) is 5.11 Å². The van der Waals surface area contributed by atoms with Crippen molar-refractivity contribution in [3.05, 3.63) is 29.3 Å². The summed E-state index contributed by atoms with van der Waals surface area (Å²) in [6, 6.07) is 6.08. The Morgan fingerprint density at radius 1 is 1.39 bits per heavy atom. The van der Waals surface area contributed by atoms with Gasteiger partial charge in [0.15, 0.2) is 0 Å². The van der Waals surface area contributed by atoms with E-state index >= 15 is 0 Å². The highest BCUT2D eigenvalue weighted by molar-refractivity contribution is 5.38. The van der Waals surface area contributed by atoms with Crippen molar-refractivity contribution in [2.24, 2.45) is 0 Å². The maximum atomic E-state index is 10.4. The first-order valence-corrected chi connectivity index (χ1v) is 6.54. The Kier molecular flexibility index (Phi) is 3.93. The van der Waals surface area contributed by atoms with Crippen LogP contribution in [-0.4, -0.2) is 30.5 Å². The van der Waals surface area contributed by atoms with Gasteiger partial charge in [0.05, 0.1) is 18.8 Å². The quantitative estimate of drug-likeness (QED) is 0.872. The number of hydrogen-bond acceptors (Lipinski definition) is 3. The number of ether oxygens (including phenoxy) is 2. The number of rotatable bonds is 5. The molecule has 18 heavy (non-hydrogen) atoms. The minimum Gasteiger partial charge on any atom is -0.496 e. The van der Waals surface area contributed by atoms with Crippen LogP contribution in [0.5, 0.6) is 5.75 Å². The lowest BCUT2D eigenvalue weighted by Crippen LogP contribution is -2.49. The largest absolute Gasteiger partial charge is 0.496 e. The van der Waals surface area contributed by atoms with E-state index in [1.807, 2.05) is 19.1 Å². The van der Waals surface area contributed by atoms with E-state index in [-0.39, 0.29) is 6.10 Å². The molecule has 2 rings (SSSR count). The third kappa shape index (κ3) is 2.85. The molecule has 0 radical (unpaired) electrons. The molecule has 0 aliphatic heterocycles. The molecule has 1 saturated carbocycles. The number of aliphatic hydroxyl groups is 1. The average molecular weight is 250 g/mol. The SMILES string of the molecule is CCOC1CC(O)(Cc2cc(C)ccc2OC)C1. The predicted octanol–water partition coefficient (Wildman–Crippen LogP) is 2.48. The summed E-state index contributed by atoms with van der Waals surface area (Å²) in [7, 11) is 1.67. The zero-order valence-corrected chi connectivity index (χ0v) is 11.4. The second-order valence-electron chi connectivity index (χ2n) is 5.20. The number of benzene rings is 1. The van der Waals surface area contributed by atoms with Crippen LogP contribution in [0.1, 0.15) is 30.9 Å². The third-order valence-electron chi connectivity index (χ3n) is 3.57. The molecule has 1 fully saturated rings. The third-order valence-corrected chi connectivity index (χ3v) is 3.57. The molecule has 0 aromatic heterocycles. The molecule has 0 bridgehead atoms. The summed E-state index contributed by atoms with van der Waals surface area (Å²) in [6.45, 7) is 4.76. The Balaban J connectivity index is 2.04. The normalized spacial score (nSPS) is 26.8. The Hall–Kier alpha value is -1.06. The topological polar surface area (TPSA) is 38.7 Å². The van der Waals surface area contributed by atoms with Gasteiger partial charge in [0.2, 0.25) is 0 Å². The van der Waals surface area contributed by atoms with Crippen LogP contribution >= 0.6 is 0 Å². The summed E-state index contributed by atoms with van der Waals surface area (Å²) in [5.74, 6) is 0.855. The van der Waals surface area contributed by atoms with Gasteiger partial charge in [0.1, 0.15) is 5.75 Å². The Bertz CT molecular complexity index is 408. The predicted molar refractivity (Wildman–Crippen MR) is 71.0 cm³/mol. The summed E-state index contributed by atoms with van der Waals surface area (Å²) in [5.41, 5.74) is 1.64. The molecule has 1 N–H and O–H groups in total. The van der Waals surface area contributed by atoms with Crippen LogP contribution in [0.25, 0.3) is 0 Å². The van der Waals surface area contributed by atoms with Crippen molar-refractivity contribution in [2.45, 2.75) is 44.8 Å². The van der Waals surface area contributed by atoms with Crippen LogP contribution in [0, 0.1) is 6.92 Å². The molecule has 1 aliphatic carbocycles. The Labute approximate surface area is 109 Å². The number of aryl methyl sites for hydroxylation is 1. The zero-order valence-electron chi connectivity index (χ0n) is 11.4. The molecule has 0 unspecified atom stereocenters. The molecule has 1 aliphatic rings. The smallest absolute Gasteiger partial charge is 0.122 e. The highest BCUT2D eigenvalue weighted by atomic mass is 16.5. The highest BCUT2D eigenvalue weighted by Crippen LogP contribution is 2.39.